The molecular weight excluding hydrogens is 198 g/mol. The first kappa shape index (κ1) is 12.1. The molecule has 0 fully saturated rings. The molecule has 0 spiro atoms. The van der Waals surface area contributed by atoms with Gasteiger partial charge < -0.3 is 5.32 Å². The molecule has 0 atom stereocenters. The van der Waals surface area contributed by atoms with Gasteiger partial charge in [0.25, 0.3) is 0 Å². The van der Waals surface area contributed by atoms with Crippen molar-refractivity contribution >= 4 is 5.69 Å². The van der Waals surface area contributed by atoms with Crippen molar-refractivity contribution in [3.8, 4) is 12.1 Å². The molecule has 3 heteroatoms. The van der Waals surface area contributed by atoms with E-state index in [2.05, 4.69) is 17.5 Å². The minimum absolute atomic E-state index is 0.325. The molecule has 0 heterocycles. The highest BCUT2D eigenvalue weighted by Gasteiger charge is 2.15. The number of para-hydroxylation sites is 1. The maximum Gasteiger partial charge on any atom is 0.101 e. The van der Waals surface area contributed by atoms with Crippen LogP contribution in [0.4, 0.5) is 5.69 Å². The Kier molecular flexibility index (Phi) is 3.91. The average Bonchev–Trinajstić information content (AvgIpc) is 2.29. The van der Waals surface area contributed by atoms with Crippen LogP contribution in [0, 0.1) is 28.1 Å². The second kappa shape index (κ2) is 5.19. The molecule has 0 radical (unpaired) electrons. The van der Waals surface area contributed by atoms with Crippen molar-refractivity contribution in [3.63, 3.8) is 0 Å². The van der Waals surface area contributed by atoms with Crippen LogP contribution >= 0.6 is 0 Å². The van der Waals surface area contributed by atoms with Crippen LogP contribution in [-0.2, 0) is 0 Å². The highest BCUT2D eigenvalue weighted by atomic mass is 14.9. The second-order valence-corrected chi connectivity index (χ2v) is 4.33. The van der Waals surface area contributed by atoms with E-state index in [9.17, 15) is 0 Å². The number of hydrogen-bond donors (Lipinski definition) is 1. The fourth-order valence-corrected chi connectivity index (χ4v) is 1.30. The zero-order chi connectivity index (χ0) is 12.0. The number of benzene rings is 1. The predicted octanol–water partition coefficient (Wildman–Crippen LogP) is 2.91. The fourth-order valence-electron chi connectivity index (χ4n) is 1.30. The van der Waals surface area contributed by atoms with E-state index >= 15 is 0 Å². The van der Waals surface area contributed by atoms with Crippen molar-refractivity contribution in [2.24, 2.45) is 5.41 Å². The summed E-state index contributed by atoms with van der Waals surface area (Å²) in [5.41, 5.74) is 1.14. The molecule has 1 aromatic rings. The Morgan fingerprint density at radius 2 is 1.94 bits per heavy atom. The smallest absolute Gasteiger partial charge is 0.101 e. The van der Waals surface area contributed by atoms with Gasteiger partial charge >= 0.3 is 0 Å². The summed E-state index contributed by atoms with van der Waals surface area (Å²) in [6, 6.07) is 11.8. The number of nitrogens with one attached hydrogen (secondary N) is 1. The van der Waals surface area contributed by atoms with Crippen LogP contribution in [0.1, 0.15) is 25.8 Å². The third kappa shape index (κ3) is 3.29. The van der Waals surface area contributed by atoms with Crippen LogP contribution < -0.4 is 5.32 Å². The molecule has 1 aromatic carbocycles. The molecule has 0 aliphatic rings. The second-order valence-electron chi connectivity index (χ2n) is 4.33. The van der Waals surface area contributed by atoms with Gasteiger partial charge in [-0.1, -0.05) is 12.1 Å². The number of anilines is 1. The Bertz CT molecular complexity index is 435. The van der Waals surface area contributed by atoms with Crippen LogP contribution in [0.3, 0.4) is 0 Å². The van der Waals surface area contributed by atoms with Gasteiger partial charge in [-0.25, -0.2) is 0 Å². The standard InChI is InChI=1S/C13H15N3/c1-13(2,10-15)7-8-16-12-6-4-3-5-11(12)9-14/h3-6,16H,7-8H2,1-2H3. The van der Waals surface area contributed by atoms with Crippen molar-refractivity contribution in [2.75, 3.05) is 11.9 Å². The molecule has 16 heavy (non-hydrogen) atoms. The molecule has 0 unspecified atom stereocenters. The SMILES string of the molecule is CC(C)(C#N)CCNc1ccccc1C#N. The van der Waals surface area contributed by atoms with E-state index in [1.54, 1.807) is 6.07 Å². The molecule has 82 valence electrons. The summed E-state index contributed by atoms with van der Waals surface area (Å²) in [7, 11) is 0. The van der Waals surface area contributed by atoms with E-state index in [4.69, 9.17) is 10.5 Å². The zero-order valence-corrected chi connectivity index (χ0v) is 9.62. The molecule has 0 aliphatic heterocycles. The quantitative estimate of drug-likeness (QED) is 0.836. The summed E-state index contributed by atoms with van der Waals surface area (Å²) in [6.45, 7) is 4.51. The van der Waals surface area contributed by atoms with Gasteiger partial charge in [-0.3, -0.25) is 0 Å². The Morgan fingerprint density at radius 1 is 1.25 bits per heavy atom. The molecule has 1 N–H and O–H groups in total. The monoisotopic (exact) mass is 213 g/mol. The molecule has 0 aromatic heterocycles. The molecule has 3 nitrogen and oxygen atoms in total. The first-order valence-electron chi connectivity index (χ1n) is 5.23. The van der Waals surface area contributed by atoms with Crippen molar-refractivity contribution in [1.29, 1.82) is 10.5 Å². The lowest BCUT2D eigenvalue weighted by Gasteiger charge is -2.16. The molecule has 0 aliphatic carbocycles. The Morgan fingerprint density at radius 3 is 2.56 bits per heavy atom. The van der Waals surface area contributed by atoms with Gasteiger partial charge in [0.1, 0.15) is 6.07 Å². The number of hydrogen-bond acceptors (Lipinski definition) is 3. The summed E-state index contributed by atoms with van der Waals surface area (Å²) in [5.74, 6) is 0. The summed E-state index contributed by atoms with van der Waals surface area (Å²) >= 11 is 0. The van der Waals surface area contributed by atoms with Gasteiger partial charge in [-0.2, -0.15) is 10.5 Å². The fraction of sp³-hybridized carbons (Fsp3) is 0.385. The van der Waals surface area contributed by atoms with Gasteiger partial charge in [-0.05, 0) is 32.4 Å². The van der Waals surface area contributed by atoms with E-state index in [0.29, 0.717) is 12.1 Å². The maximum absolute atomic E-state index is 8.88. The van der Waals surface area contributed by atoms with Crippen LogP contribution in [0.25, 0.3) is 0 Å². The Labute approximate surface area is 96.3 Å². The lowest BCUT2D eigenvalue weighted by Crippen LogP contribution is -2.15. The Hall–Kier alpha value is -2.00. The molecular formula is C13H15N3. The van der Waals surface area contributed by atoms with E-state index in [1.165, 1.54) is 0 Å². The molecule has 0 saturated heterocycles. The molecule has 0 saturated carbocycles. The van der Waals surface area contributed by atoms with Gasteiger partial charge in [0.05, 0.1) is 22.7 Å². The van der Waals surface area contributed by atoms with Crippen LogP contribution in [0.15, 0.2) is 24.3 Å². The van der Waals surface area contributed by atoms with Gasteiger partial charge in [-0.15, -0.1) is 0 Å². The molecule has 1 rings (SSSR count). The normalized spacial score (nSPS) is 10.2. The summed E-state index contributed by atoms with van der Waals surface area (Å²) in [6.07, 6.45) is 0.753. The minimum Gasteiger partial charge on any atom is -0.384 e. The largest absolute Gasteiger partial charge is 0.384 e. The number of nitriles is 2. The number of nitrogens with zero attached hydrogens (tertiary/aromatic N) is 2. The molecule has 0 bridgehead atoms. The van der Waals surface area contributed by atoms with Crippen molar-refractivity contribution in [1.82, 2.24) is 0 Å². The molecule has 0 amide bonds. The average molecular weight is 213 g/mol. The summed E-state index contributed by atoms with van der Waals surface area (Å²) in [4.78, 5) is 0. The predicted molar refractivity (Wildman–Crippen MR) is 63.7 cm³/mol. The van der Waals surface area contributed by atoms with Crippen molar-refractivity contribution in [3.05, 3.63) is 29.8 Å². The maximum atomic E-state index is 8.88. The van der Waals surface area contributed by atoms with Crippen LogP contribution in [0.5, 0.6) is 0 Å². The van der Waals surface area contributed by atoms with Crippen LogP contribution in [-0.4, -0.2) is 6.54 Å². The van der Waals surface area contributed by atoms with Gasteiger partial charge in [0.15, 0.2) is 0 Å². The van der Waals surface area contributed by atoms with E-state index < -0.39 is 0 Å². The third-order valence-electron chi connectivity index (χ3n) is 2.42. The van der Waals surface area contributed by atoms with Crippen molar-refractivity contribution in [2.45, 2.75) is 20.3 Å². The first-order valence-corrected chi connectivity index (χ1v) is 5.23. The minimum atomic E-state index is -0.325. The lowest BCUT2D eigenvalue weighted by atomic mass is 9.91. The zero-order valence-electron chi connectivity index (χ0n) is 9.62. The van der Waals surface area contributed by atoms with E-state index in [1.807, 2.05) is 32.0 Å². The van der Waals surface area contributed by atoms with Gasteiger partial charge in [0, 0.05) is 6.54 Å². The highest BCUT2D eigenvalue weighted by molar-refractivity contribution is 5.57. The lowest BCUT2D eigenvalue weighted by molar-refractivity contribution is 0.466. The van der Waals surface area contributed by atoms with Crippen LogP contribution in [0.2, 0.25) is 0 Å². The highest BCUT2D eigenvalue weighted by Crippen LogP contribution is 2.19. The first-order chi connectivity index (χ1) is 7.59. The van der Waals surface area contributed by atoms with E-state index in [-0.39, 0.29) is 5.41 Å². The van der Waals surface area contributed by atoms with Gasteiger partial charge in [0.2, 0.25) is 0 Å². The Balaban J connectivity index is 2.57. The number of rotatable bonds is 4. The third-order valence-corrected chi connectivity index (χ3v) is 2.42. The topological polar surface area (TPSA) is 59.6 Å². The van der Waals surface area contributed by atoms with E-state index in [0.717, 1.165) is 12.1 Å². The van der Waals surface area contributed by atoms with Crippen molar-refractivity contribution < 1.29 is 0 Å². The summed E-state index contributed by atoms with van der Waals surface area (Å²) < 4.78 is 0. The summed E-state index contributed by atoms with van der Waals surface area (Å²) in [5, 5.41) is 20.9.